The van der Waals surface area contributed by atoms with E-state index >= 15 is 0 Å². The topological polar surface area (TPSA) is 58.6 Å². The fourth-order valence-corrected chi connectivity index (χ4v) is 1.19. The van der Waals surface area contributed by atoms with Crippen molar-refractivity contribution in [2.24, 2.45) is 0 Å². The van der Waals surface area contributed by atoms with Gasteiger partial charge in [-0.25, -0.2) is 4.79 Å². The Kier molecular flexibility index (Phi) is 7.46. The van der Waals surface area contributed by atoms with E-state index in [9.17, 15) is 4.79 Å². The number of nitrogens with one attached hydrogen (secondary N) is 1. The van der Waals surface area contributed by atoms with Crippen LogP contribution in [0.4, 0.5) is 0 Å². The lowest BCUT2D eigenvalue weighted by atomic mass is 10.0. The Morgan fingerprint density at radius 1 is 1.53 bits per heavy atom. The molecule has 0 amide bonds. The van der Waals surface area contributed by atoms with Gasteiger partial charge in [0.15, 0.2) is 0 Å². The van der Waals surface area contributed by atoms with Crippen LogP contribution in [0.5, 0.6) is 0 Å². The number of rotatable bonds is 7. The molecule has 0 aromatic heterocycles. The molecule has 0 aliphatic carbocycles. The number of hydrogen-bond donors (Lipinski definition) is 2. The second-order valence-electron chi connectivity index (χ2n) is 3.29. The van der Waals surface area contributed by atoms with Crippen molar-refractivity contribution >= 4 is 5.97 Å². The second-order valence-corrected chi connectivity index (χ2v) is 3.29. The van der Waals surface area contributed by atoms with Gasteiger partial charge in [-0.3, -0.25) is 0 Å². The largest absolute Gasteiger partial charge is 0.478 e. The van der Waals surface area contributed by atoms with Crippen molar-refractivity contribution in [3.63, 3.8) is 0 Å². The molecule has 4 nitrogen and oxygen atoms in total. The molecular weight excluding hydrogens is 218 g/mol. The molecular formula is C13H19NO3. The summed E-state index contributed by atoms with van der Waals surface area (Å²) in [5.74, 6) is -0.654. The molecule has 0 aliphatic rings. The first-order valence-electron chi connectivity index (χ1n) is 5.27. The predicted octanol–water partition coefficient (Wildman–Crippen LogP) is 2.57. The van der Waals surface area contributed by atoms with Crippen molar-refractivity contribution in [1.82, 2.24) is 5.48 Å². The Hall–Kier alpha value is -1.81. The Labute approximate surface area is 102 Å². The minimum Gasteiger partial charge on any atom is -0.478 e. The fraction of sp³-hybridized carbons (Fsp3) is 0.308. The summed E-state index contributed by atoms with van der Waals surface area (Å²) in [5, 5.41) is 9.09. The number of carboxylic acids is 1. The molecule has 0 saturated carbocycles. The molecule has 0 radical (unpaired) electrons. The standard InChI is InChI=1S/C13H19NO3/c1-5-7-8-11(6-2)9-12(13(15)16)10(3)17-14-4/h5-8,14H,2,9H2,1,3-4H3,(H,15,16)/b7-5-,11-8+,12-10+. The van der Waals surface area contributed by atoms with Crippen LogP contribution in [0, 0.1) is 0 Å². The first-order chi connectivity index (χ1) is 8.06. The summed E-state index contributed by atoms with van der Waals surface area (Å²) in [5.41, 5.74) is 3.48. The maximum absolute atomic E-state index is 11.1. The van der Waals surface area contributed by atoms with Crippen LogP contribution in [0.3, 0.4) is 0 Å². The van der Waals surface area contributed by atoms with Crippen molar-refractivity contribution in [2.75, 3.05) is 7.05 Å². The van der Waals surface area contributed by atoms with Crippen LogP contribution in [-0.2, 0) is 9.63 Å². The molecule has 17 heavy (non-hydrogen) atoms. The van der Waals surface area contributed by atoms with Crippen LogP contribution >= 0.6 is 0 Å². The van der Waals surface area contributed by atoms with Gasteiger partial charge in [-0.05, 0) is 19.4 Å². The number of carboxylic acid groups (broad SMARTS) is 1. The Bertz CT molecular complexity index is 365. The minimum absolute atomic E-state index is 0.204. The van der Waals surface area contributed by atoms with E-state index in [1.165, 1.54) is 0 Å². The van der Waals surface area contributed by atoms with Gasteiger partial charge in [-0.2, -0.15) is 5.48 Å². The molecule has 0 atom stereocenters. The summed E-state index contributed by atoms with van der Waals surface area (Å²) in [6.07, 6.45) is 7.43. The molecule has 0 aromatic carbocycles. The number of aliphatic carboxylic acids is 1. The van der Waals surface area contributed by atoms with Gasteiger partial charge in [0.25, 0.3) is 0 Å². The van der Waals surface area contributed by atoms with Gasteiger partial charge in [0.2, 0.25) is 0 Å². The first kappa shape index (κ1) is 15.2. The molecule has 4 heteroatoms. The molecule has 0 rings (SSSR count). The summed E-state index contributed by atoms with van der Waals surface area (Å²) < 4.78 is 0. The van der Waals surface area contributed by atoms with E-state index < -0.39 is 5.97 Å². The summed E-state index contributed by atoms with van der Waals surface area (Å²) in [6, 6.07) is 0. The third kappa shape index (κ3) is 5.73. The SMILES string of the molecule is C=C/C(=C\C=C/C)C/C(C(=O)O)=C(/C)ONC. The van der Waals surface area contributed by atoms with Crippen molar-refractivity contribution < 1.29 is 14.7 Å². The molecule has 2 N–H and O–H groups in total. The average Bonchev–Trinajstić information content (AvgIpc) is 2.29. The lowest BCUT2D eigenvalue weighted by molar-refractivity contribution is -0.133. The fourth-order valence-electron chi connectivity index (χ4n) is 1.19. The van der Waals surface area contributed by atoms with Gasteiger partial charge in [-0.1, -0.05) is 30.9 Å². The monoisotopic (exact) mass is 237 g/mol. The van der Waals surface area contributed by atoms with Crippen molar-refractivity contribution in [2.45, 2.75) is 20.3 Å². The molecule has 0 heterocycles. The lowest BCUT2D eigenvalue weighted by Gasteiger charge is -2.09. The summed E-state index contributed by atoms with van der Waals surface area (Å²) in [4.78, 5) is 16.1. The highest BCUT2D eigenvalue weighted by atomic mass is 16.6. The van der Waals surface area contributed by atoms with Gasteiger partial charge in [0.05, 0.1) is 5.57 Å². The minimum atomic E-state index is -0.994. The Morgan fingerprint density at radius 3 is 2.59 bits per heavy atom. The van der Waals surface area contributed by atoms with Crippen molar-refractivity contribution in [1.29, 1.82) is 0 Å². The molecule has 0 saturated heterocycles. The van der Waals surface area contributed by atoms with Crippen LogP contribution < -0.4 is 5.48 Å². The van der Waals surface area contributed by atoms with E-state index in [0.717, 1.165) is 5.57 Å². The summed E-state index contributed by atoms with van der Waals surface area (Å²) in [7, 11) is 1.58. The zero-order valence-electron chi connectivity index (χ0n) is 10.5. The quantitative estimate of drug-likeness (QED) is 0.309. The molecule has 0 spiro atoms. The lowest BCUT2D eigenvalue weighted by Crippen LogP contribution is -2.11. The van der Waals surface area contributed by atoms with Gasteiger partial charge >= 0.3 is 5.97 Å². The van der Waals surface area contributed by atoms with Gasteiger partial charge in [0, 0.05) is 13.5 Å². The predicted molar refractivity (Wildman–Crippen MR) is 68.2 cm³/mol. The maximum atomic E-state index is 11.1. The average molecular weight is 237 g/mol. The third-order valence-electron chi connectivity index (χ3n) is 2.08. The molecule has 0 fully saturated rings. The van der Waals surface area contributed by atoms with E-state index in [-0.39, 0.29) is 12.0 Å². The van der Waals surface area contributed by atoms with Crippen LogP contribution in [0.1, 0.15) is 20.3 Å². The van der Waals surface area contributed by atoms with Crippen molar-refractivity contribution in [3.8, 4) is 0 Å². The molecule has 94 valence electrons. The van der Waals surface area contributed by atoms with Gasteiger partial charge < -0.3 is 9.94 Å². The van der Waals surface area contributed by atoms with E-state index in [0.29, 0.717) is 5.76 Å². The van der Waals surface area contributed by atoms with E-state index in [2.05, 4.69) is 12.1 Å². The van der Waals surface area contributed by atoms with Crippen LogP contribution in [0.25, 0.3) is 0 Å². The highest BCUT2D eigenvalue weighted by Crippen LogP contribution is 2.16. The zero-order chi connectivity index (χ0) is 13.3. The smallest absolute Gasteiger partial charge is 0.335 e. The summed E-state index contributed by atoms with van der Waals surface area (Å²) >= 11 is 0. The highest BCUT2D eigenvalue weighted by Gasteiger charge is 2.13. The Morgan fingerprint density at radius 2 is 2.18 bits per heavy atom. The molecule has 0 bridgehead atoms. The molecule has 0 aromatic rings. The van der Waals surface area contributed by atoms with E-state index in [4.69, 9.17) is 9.94 Å². The van der Waals surface area contributed by atoms with E-state index in [1.807, 2.05) is 25.2 Å². The van der Waals surface area contributed by atoms with Crippen LogP contribution in [0.2, 0.25) is 0 Å². The summed E-state index contributed by atoms with van der Waals surface area (Å²) in [6.45, 7) is 7.15. The number of hydrogen-bond acceptors (Lipinski definition) is 3. The highest BCUT2D eigenvalue weighted by molar-refractivity contribution is 5.87. The first-order valence-corrected chi connectivity index (χ1v) is 5.27. The zero-order valence-corrected chi connectivity index (χ0v) is 10.5. The molecule has 0 aliphatic heterocycles. The van der Waals surface area contributed by atoms with Crippen molar-refractivity contribution in [3.05, 3.63) is 47.8 Å². The number of allylic oxidation sites excluding steroid dienone is 6. The number of carbonyl (C=O) groups is 1. The van der Waals surface area contributed by atoms with E-state index in [1.54, 1.807) is 20.0 Å². The number of hydroxylamine groups is 1. The third-order valence-corrected chi connectivity index (χ3v) is 2.08. The maximum Gasteiger partial charge on any atom is 0.335 e. The Balaban J connectivity index is 5.05. The van der Waals surface area contributed by atoms with Gasteiger partial charge in [-0.15, -0.1) is 0 Å². The second kappa shape index (κ2) is 8.35. The van der Waals surface area contributed by atoms with Crippen LogP contribution in [-0.4, -0.2) is 18.1 Å². The molecule has 0 unspecified atom stereocenters. The van der Waals surface area contributed by atoms with Crippen LogP contribution in [0.15, 0.2) is 47.8 Å². The van der Waals surface area contributed by atoms with Gasteiger partial charge in [0.1, 0.15) is 5.76 Å². The normalized spacial score (nSPS) is 13.5.